The Morgan fingerprint density at radius 1 is 1.00 bits per heavy atom. The zero-order valence-electron chi connectivity index (χ0n) is 18.5. The number of carboxylic acid groups (broad SMARTS) is 1. The number of amides is 2. The van der Waals surface area contributed by atoms with Crippen molar-refractivity contribution in [3.05, 3.63) is 59.7 Å². The summed E-state index contributed by atoms with van der Waals surface area (Å²) in [4.78, 5) is 35.9. The number of carbonyl (C=O) groups is 3. The van der Waals surface area contributed by atoms with Crippen LogP contribution in [0.15, 0.2) is 48.5 Å². The molecule has 7 heteroatoms. The van der Waals surface area contributed by atoms with Gasteiger partial charge in [0.2, 0.25) is 5.91 Å². The summed E-state index contributed by atoms with van der Waals surface area (Å²) in [6.45, 7) is 3.71. The molecule has 32 heavy (non-hydrogen) atoms. The third-order valence-electron chi connectivity index (χ3n) is 5.74. The summed E-state index contributed by atoms with van der Waals surface area (Å²) < 4.78 is 5.47. The first-order valence-electron chi connectivity index (χ1n) is 11.0. The van der Waals surface area contributed by atoms with Crippen LogP contribution in [0.2, 0.25) is 0 Å². The van der Waals surface area contributed by atoms with E-state index in [0.717, 1.165) is 35.1 Å². The minimum absolute atomic E-state index is 0.0636. The van der Waals surface area contributed by atoms with Gasteiger partial charge in [-0.1, -0.05) is 68.3 Å². The van der Waals surface area contributed by atoms with Crippen molar-refractivity contribution in [2.24, 2.45) is 0 Å². The van der Waals surface area contributed by atoms with E-state index in [1.807, 2.05) is 43.3 Å². The molecular weight excluding hydrogens is 408 g/mol. The van der Waals surface area contributed by atoms with Gasteiger partial charge in [-0.05, 0) is 35.6 Å². The number of nitrogens with one attached hydrogen (secondary N) is 2. The van der Waals surface area contributed by atoms with E-state index in [2.05, 4.69) is 22.8 Å². The minimum Gasteiger partial charge on any atom is -0.481 e. The van der Waals surface area contributed by atoms with Gasteiger partial charge in [0.05, 0.1) is 6.42 Å². The number of rotatable bonds is 10. The van der Waals surface area contributed by atoms with Gasteiger partial charge in [-0.25, -0.2) is 4.79 Å². The lowest BCUT2D eigenvalue weighted by molar-refractivity contribution is -0.137. The number of ether oxygens (including phenoxy) is 1. The molecule has 0 aliphatic heterocycles. The van der Waals surface area contributed by atoms with Crippen LogP contribution in [0.4, 0.5) is 4.79 Å². The smallest absolute Gasteiger partial charge is 0.407 e. The van der Waals surface area contributed by atoms with Crippen molar-refractivity contribution < 1.29 is 24.2 Å². The van der Waals surface area contributed by atoms with Gasteiger partial charge in [0, 0.05) is 12.0 Å². The van der Waals surface area contributed by atoms with Crippen LogP contribution in [0.1, 0.15) is 56.6 Å². The third kappa shape index (κ3) is 5.66. The highest BCUT2D eigenvalue weighted by molar-refractivity contribution is 5.86. The predicted molar refractivity (Wildman–Crippen MR) is 121 cm³/mol. The molecule has 2 atom stereocenters. The normalized spacial score (nSPS) is 14.1. The summed E-state index contributed by atoms with van der Waals surface area (Å²) in [5, 5.41) is 14.3. The first kappa shape index (κ1) is 23.3. The zero-order valence-corrected chi connectivity index (χ0v) is 18.5. The Morgan fingerprint density at radius 2 is 1.59 bits per heavy atom. The number of hydrogen-bond donors (Lipinski definition) is 3. The molecule has 7 nitrogen and oxygen atoms in total. The predicted octanol–water partition coefficient (Wildman–Crippen LogP) is 4.06. The van der Waals surface area contributed by atoms with Crippen molar-refractivity contribution in [2.45, 2.75) is 57.5 Å². The molecule has 0 heterocycles. The molecule has 170 valence electrons. The van der Waals surface area contributed by atoms with Crippen molar-refractivity contribution in [1.82, 2.24) is 10.6 Å². The molecule has 0 radical (unpaired) electrons. The number of carboxylic acids is 1. The lowest BCUT2D eigenvalue weighted by atomic mass is 9.98. The van der Waals surface area contributed by atoms with E-state index in [-0.39, 0.29) is 18.9 Å². The molecule has 2 aromatic rings. The highest BCUT2D eigenvalue weighted by Crippen LogP contribution is 2.44. The van der Waals surface area contributed by atoms with Crippen LogP contribution in [-0.4, -0.2) is 41.8 Å². The SMILES string of the molecule is CCCC[C@@H](CC(=O)O)NC(=O)[C@@H](C)NC(=O)OCC1c2ccccc2-c2ccccc21. The maximum atomic E-state index is 12.4. The second-order valence-corrected chi connectivity index (χ2v) is 8.14. The van der Waals surface area contributed by atoms with E-state index in [4.69, 9.17) is 9.84 Å². The molecule has 2 amide bonds. The molecule has 3 N–H and O–H groups in total. The molecule has 0 fully saturated rings. The molecule has 2 aromatic carbocycles. The maximum absolute atomic E-state index is 12.4. The van der Waals surface area contributed by atoms with Crippen molar-refractivity contribution >= 4 is 18.0 Å². The standard InChI is InChI=1S/C25H30N2O5/c1-3-4-9-17(14-23(28)29)27-24(30)16(2)26-25(31)32-15-22-20-12-7-5-10-18(20)19-11-6-8-13-21(19)22/h5-8,10-13,16-17,22H,3-4,9,14-15H2,1-2H3,(H,26,31)(H,27,30)(H,28,29)/t16-,17+/m1/s1. The van der Waals surface area contributed by atoms with Gasteiger partial charge in [-0.15, -0.1) is 0 Å². The first-order valence-corrected chi connectivity index (χ1v) is 11.0. The summed E-state index contributed by atoms with van der Waals surface area (Å²) in [6, 6.07) is 14.8. The second kappa shape index (κ2) is 10.8. The fourth-order valence-electron chi connectivity index (χ4n) is 4.10. The molecule has 0 spiro atoms. The van der Waals surface area contributed by atoms with Crippen LogP contribution in [0, 0.1) is 0 Å². The summed E-state index contributed by atoms with van der Waals surface area (Å²) in [5.41, 5.74) is 4.50. The van der Waals surface area contributed by atoms with Crippen molar-refractivity contribution in [3.8, 4) is 11.1 Å². The number of fused-ring (bicyclic) bond motifs is 3. The summed E-state index contributed by atoms with van der Waals surface area (Å²) in [5.74, 6) is -1.46. The molecular formula is C25H30N2O5. The van der Waals surface area contributed by atoms with E-state index in [0.29, 0.717) is 6.42 Å². The number of aliphatic carboxylic acids is 1. The Morgan fingerprint density at radius 3 is 2.16 bits per heavy atom. The number of benzene rings is 2. The molecule has 0 saturated carbocycles. The lowest BCUT2D eigenvalue weighted by Crippen LogP contribution is -2.48. The largest absolute Gasteiger partial charge is 0.481 e. The average Bonchev–Trinajstić information content (AvgIpc) is 3.09. The Bertz CT molecular complexity index is 929. The molecule has 1 aliphatic rings. The molecule has 0 bridgehead atoms. The maximum Gasteiger partial charge on any atom is 0.407 e. The van der Waals surface area contributed by atoms with E-state index >= 15 is 0 Å². The van der Waals surface area contributed by atoms with E-state index in [9.17, 15) is 14.4 Å². The van der Waals surface area contributed by atoms with Gasteiger partial charge < -0.3 is 20.5 Å². The van der Waals surface area contributed by atoms with E-state index < -0.39 is 30.1 Å². The Labute approximate surface area is 188 Å². The van der Waals surface area contributed by atoms with Gasteiger partial charge >= 0.3 is 12.1 Å². The number of hydrogen-bond acceptors (Lipinski definition) is 4. The minimum atomic E-state index is -0.969. The van der Waals surface area contributed by atoms with Gasteiger partial charge in [-0.3, -0.25) is 9.59 Å². The Hall–Kier alpha value is -3.35. The average molecular weight is 439 g/mol. The van der Waals surface area contributed by atoms with Crippen LogP contribution < -0.4 is 10.6 Å². The highest BCUT2D eigenvalue weighted by atomic mass is 16.5. The highest BCUT2D eigenvalue weighted by Gasteiger charge is 2.29. The molecule has 0 saturated heterocycles. The van der Waals surface area contributed by atoms with Crippen LogP contribution in [0.5, 0.6) is 0 Å². The Kier molecular flexibility index (Phi) is 7.87. The van der Waals surface area contributed by atoms with Crippen molar-refractivity contribution in [1.29, 1.82) is 0 Å². The van der Waals surface area contributed by atoms with Gasteiger partial charge in [0.15, 0.2) is 0 Å². The summed E-state index contributed by atoms with van der Waals surface area (Å²) in [6.07, 6.45) is 1.46. The van der Waals surface area contributed by atoms with Crippen molar-refractivity contribution in [2.75, 3.05) is 6.61 Å². The summed E-state index contributed by atoms with van der Waals surface area (Å²) >= 11 is 0. The number of carbonyl (C=O) groups excluding carboxylic acids is 2. The van der Waals surface area contributed by atoms with Crippen molar-refractivity contribution in [3.63, 3.8) is 0 Å². The fraction of sp³-hybridized carbons (Fsp3) is 0.400. The first-order chi connectivity index (χ1) is 15.4. The topological polar surface area (TPSA) is 105 Å². The summed E-state index contributed by atoms with van der Waals surface area (Å²) in [7, 11) is 0. The molecule has 0 unspecified atom stereocenters. The third-order valence-corrected chi connectivity index (χ3v) is 5.74. The quantitative estimate of drug-likeness (QED) is 0.519. The zero-order chi connectivity index (χ0) is 23.1. The fourth-order valence-corrected chi connectivity index (χ4v) is 4.10. The lowest BCUT2D eigenvalue weighted by Gasteiger charge is -2.21. The number of unbranched alkanes of at least 4 members (excludes halogenated alkanes) is 1. The second-order valence-electron chi connectivity index (χ2n) is 8.14. The molecule has 3 rings (SSSR count). The van der Waals surface area contributed by atoms with Gasteiger partial charge in [0.1, 0.15) is 12.6 Å². The van der Waals surface area contributed by atoms with Crippen LogP contribution in [0.3, 0.4) is 0 Å². The van der Waals surface area contributed by atoms with Gasteiger partial charge in [0.25, 0.3) is 0 Å². The number of alkyl carbamates (subject to hydrolysis) is 1. The van der Waals surface area contributed by atoms with Crippen LogP contribution in [0.25, 0.3) is 11.1 Å². The van der Waals surface area contributed by atoms with Gasteiger partial charge in [-0.2, -0.15) is 0 Å². The molecule has 0 aromatic heterocycles. The van der Waals surface area contributed by atoms with Crippen LogP contribution in [-0.2, 0) is 14.3 Å². The molecule has 1 aliphatic carbocycles. The monoisotopic (exact) mass is 438 g/mol. The van der Waals surface area contributed by atoms with E-state index in [1.54, 1.807) is 6.92 Å². The Balaban J connectivity index is 1.55. The van der Waals surface area contributed by atoms with Crippen LogP contribution >= 0.6 is 0 Å². The van der Waals surface area contributed by atoms with E-state index in [1.165, 1.54) is 0 Å².